The van der Waals surface area contributed by atoms with Crippen LogP contribution in [0.4, 0.5) is 19.7 Å². The number of hydrogen-bond acceptors (Lipinski definition) is 3. The molecule has 3 amide bonds. The smallest absolute Gasteiger partial charge is 0.407 e. The first-order chi connectivity index (χ1) is 11.4. The van der Waals surface area contributed by atoms with Crippen LogP contribution < -0.4 is 16.0 Å². The van der Waals surface area contributed by atoms with Crippen LogP contribution in [0.3, 0.4) is 0 Å². The second-order valence-corrected chi connectivity index (χ2v) is 7.52. The molecule has 6 nitrogen and oxygen atoms in total. The highest BCUT2D eigenvalue weighted by molar-refractivity contribution is 5.89. The van der Waals surface area contributed by atoms with Crippen molar-refractivity contribution < 1.29 is 18.7 Å². The van der Waals surface area contributed by atoms with E-state index >= 15 is 0 Å². The maximum Gasteiger partial charge on any atom is 0.407 e. The first kappa shape index (κ1) is 20.7. The van der Waals surface area contributed by atoms with Crippen LogP contribution in [0.2, 0.25) is 0 Å². The maximum absolute atomic E-state index is 13.2. The number of amides is 3. The van der Waals surface area contributed by atoms with Crippen LogP contribution in [0.25, 0.3) is 0 Å². The number of nitrogens with one attached hydrogen (secondary N) is 3. The van der Waals surface area contributed by atoms with Crippen molar-refractivity contribution in [3.63, 3.8) is 0 Å². The molecule has 0 saturated heterocycles. The monoisotopic (exact) mass is 353 g/mol. The van der Waals surface area contributed by atoms with Crippen molar-refractivity contribution in [3.05, 3.63) is 30.1 Å². The summed E-state index contributed by atoms with van der Waals surface area (Å²) in [4.78, 5) is 24.1. The Labute approximate surface area is 148 Å². The maximum atomic E-state index is 13.2. The van der Waals surface area contributed by atoms with Crippen LogP contribution in [0.15, 0.2) is 24.3 Å². The lowest BCUT2D eigenvalue weighted by Crippen LogP contribution is -2.58. The van der Waals surface area contributed by atoms with Crippen molar-refractivity contribution in [2.45, 2.75) is 52.7 Å². The summed E-state index contributed by atoms with van der Waals surface area (Å²) in [6, 6.07) is 5.15. The third-order valence-electron chi connectivity index (χ3n) is 3.75. The standard InChI is InChI=1S/C18H28FN3O3/c1-12(2)18(6,11-20-16(24)25-17(3,4)5)22-15(23)21-14-9-7-8-13(19)10-14/h7-10,12H,11H2,1-6H3,(H,20,24)(H2,21,22,23)/t18-/m0/s1. The molecule has 0 spiro atoms. The SMILES string of the molecule is CC(C)[C@](C)(CNC(=O)OC(C)(C)C)NC(=O)Nc1cccc(F)c1. The quantitative estimate of drug-likeness (QED) is 0.751. The van der Waals surface area contributed by atoms with Gasteiger partial charge < -0.3 is 20.7 Å². The van der Waals surface area contributed by atoms with Gasteiger partial charge in [-0.25, -0.2) is 14.0 Å². The zero-order chi connectivity index (χ0) is 19.3. The number of carbonyl (C=O) groups is 2. The minimum atomic E-state index is -0.714. The van der Waals surface area contributed by atoms with Crippen LogP contribution in [0.1, 0.15) is 41.5 Å². The summed E-state index contributed by atoms with van der Waals surface area (Å²) in [5.74, 6) is -0.406. The molecular formula is C18H28FN3O3. The molecule has 0 saturated carbocycles. The van der Waals surface area contributed by atoms with Crippen LogP contribution in [0.5, 0.6) is 0 Å². The first-order valence-electron chi connectivity index (χ1n) is 8.23. The predicted molar refractivity (Wildman–Crippen MR) is 96.0 cm³/mol. The molecule has 25 heavy (non-hydrogen) atoms. The predicted octanol–water partition coefficient (Wildman–Crippen LogP) is 3.89. The molecule has 0 aliphatic rings. The molecule has 1 aromatic rings. The van der Waals surface area contributed by atoms with Gasteiger partial charge in [0.2, 0.25) is 0 Å². The number of hydrogen-bond donors (Lipinski definition) is 3. The number of halogens is 1. The van der Waals surface area contributed by atoms with Gasteiger partial charge in [0.1, 0.15) is 11.4 Å². The zero-order valence-electron chi connectivity index (χ0n) is 15.7. The van der Waals surface area contributed by atoms with Crippen LogP contribution in [-0.2, 0) is 4.74 Å². The molecule has 0 heterocycles. The van der Waals surface area contributed by atoms with Gasteiger partial charge >= 0.3 is 12.1 Å². The average Bonchev–Trinajstić information content (AvgIpc) is 2.43. The van der Waals surface area contributed by atoms with Gasteiger partial charge in [-0.05, 0) is 51.8 Å². The lowest BCUT2D eigenvalue weighted by molar-refractivity contribution is 0.0505. The van der Waals surface area contributed by atoms with E-state index in [0.717, 1.165) is 0 Å². The Morgan fingerprint density at radius 2 is 1.84 bits per heavy atom. The molecule has 3 N–H and O–H groups in total. The van der Waals surface area contributed by atoms with Gasteiger partial charge in [-0.2, -0.15) is 0 Å². The van der Waals surface area contributed by atoms with E-state index in [1.54, 1.807) is 26.8 Å². The van der Waals surface area contributed by atoms with Crippen molar-refractivity contribution in [2.75, 3.05) is 11.9 Å². The summed E-state index contributed by atoms with van der Waals surface area (Å²) < 4.78 is 18.4. The lowest BCUT2D eigenvalue weighted by Gasteiger charge is -2.35. The number of urea groups is 1. The van der Waals surface area contributed by atoms with Gasteiger partial charge in [0, 0.05) is 12.2 Å². The van der Waals surface area contributed by atoms with Gasteiger partial charge in [-0.15, -0.1) is 0 Å². The third kappa shape index (κ3) is 7.41. The topological polar surface area (TPSA) is 79.5 Å². The zero-order valence-corrected chi connectivity index (χ0v) is 15.7. The van der Waals surface area contributed by atoms with E-state index in [9.17, 15) is 14.0 Å². The summed E-state index contributed by atoms with van der Waals surface area (Å²) in [7, 11) is 0. The lowest BCUT2D eigenvalue weighted by atomic mass is 9.88. The van der Waals surface area contributed by atoms with E-state index < -0.39 is 29.1 Å². The molecule has 0 aromatic heterocycles. The number of alkyl carbamates (subject to hydrolysis) is 1. The molecule has 0 bridgehead atoms. The van der Waals surface area contributed by atoms with Crippen LogP contribution >= 0.6 is 0 Å². The molecule has 140 valence electrons. The number of ether oxygens (including phenoxy) is 1. The highest BCUT2D eigenvalue weighted by Crippen LogP contribution is 2.17. The van der Waals surface area contributed by atoms with Crippen LogP contribution in [-0.4, -0.2) is 29.8 Å². The Balaban J connectivity index is 2.68. The molecule has 1 aromatic carbocycles. The van der Waals surface area contributed by atoms with Gasteiger partial charge in [-0.3, -0.25) is 0 Å². The molecule has 7 heteroatoms. The van der Waals surface area contributed by atoms with Gasteiger partial charge in [0.15, 0.2) is 0 Å². The number of rotatable bonds is 5. The van der Waals surface area contributed by atoms with Crippen molar-refractivity contribution in [3.8, 4) is 0 Å². The Morgan fingerprint density at radius 3 is 2.36 bits per heavy atom. The van der Waals surface area contributed by atoms with Crippen molar-refractivity contribution >= 4 is 17.8 Å². The Morgan fingerprint density at radius 1 is 1.20 bits per heavy atom. The molecule has 0 radical (unpaired) electrons. The molecule has 1 atom stereocenters. The fraction of sp³-hybridized carbons (Fsp3) is 0.556. The molecule has 0 unspecified atom stereocenters. The summed E-state index contributed by atoms with van der Waals surface area (Å²) in [6.07, 6.45) is -0.549. The summed E-state index contributed by atoms with van der Waals surface area (Å²) in [5, 5.41) is 8.10. The van der Waals surface area contributed by atoms with Gasteiger partial charge in [0.25, 0.3) is 0 Å². The summed E-state index contributed by atoms with van der Waals surface area (Å²) in [5.41, 5.74) is -0.960. The van der Waals surface area contributed by atoms with E-state index in [1.807, 2.05) is 20.8 Å². The Hall–Kier alpha value is -2.31. The molecular weight excluding hydrogens is 325 g/mol. The average molecular weight is 353 g/mol. The van der Waals surface area contributed by atoms with E-state index in [2.05, 4.69) is 16.0 Å². The molecule has 0 fully saturated rings. The van der Waals surface area contributed by atoms with E-state index in [0.29, 0.717) is 5.69 Å². The van der Waals surface area contributed by atoms with E-state index in [1.165, 1.54) is 18.2 Å². The minimum Gasteiger partial charge on any atom is -0.444 e. The Kier molecular flexibility index (Phi) is 6.78. The molecule has 0 aliphatic heterocycles. The number of benzene rings is 1. The van der Waals surface area contributed by atoms with E-state index in [-0.39, 0.29) is 12.5 Å². The number of anilines is 1. The summed E-state index contributed by atoms with van der Waals surface area (Å²) in [6.45, 7) is 11.2. The van der Waals surface area contributed by atoms with Crippen molar-refractivity contribution in [1.29, 1.82) is 0 Å². The second-order valence-electron chi connectivity index (χ2n) is 7.52. The highest BCUT2D eigenvalue weighted by atomic mass is 19.1. The molecule has 0 aliphatic carbocycles. The largest absolute Gasteiger partial charge is 0.444 e. The first-order valence-corrected chi connectivity index (χ1v) is 8.23. The van der Waals surface area contributed by atoms with Crippen LogP contribution in [0, 0.1) is 11.7 Å². The van der Waals surface area contributed by atoms with Gasteiger partial charge in [-0.1, -0.05) is 19.9 Å². The molecule has 1 rings (SSSR count). The number of carbonyl (C=O) groups excluding carboxylic acids is 2. The highest BCUT2D eigenvalue weighted by Gasteiger charge is 2.31. The minimum absolute atomic E-state index is 0.0284. The summed E-state index contributed by atoms with van der Waals surface area (Å²) >= 11 is 0. The normalized spacial score (nSPS) is 13.8. The fourth-order valence-electron chi connectivity index (χ4n) is 1.95. The fourth-order valence-corrected chi connectivity index (χ4v) is 1.95. The Bertz CT molecular complexity index is 614. The van der Waals surface area contributed by atoms with Gasteiger partial charge in [0.05, 0.1) is 5.54 Å². The van der Waals surface area contributed by atoms with Crippen molar-refractivity contribution in [1.82, 2.24) is 10.6 Å². The second kappa shape index (κ2) is 8.18. The van der Waals surface area contributed by atoms with Crippen molar-refractivity contribution in [2.24, 2.45) is 5.92 Å². The van der Waals surface area contributed by atoms with E-state index in [4.69, 9.17) is 4.74 Å². The third-order valence-corrected chi connectivity index (χ3v) is 3.75.